The van der Waals surface area contributed by atoms with Gasteiger partial charge in [0.05, 0.1) is 6.54 Å². The SMILES string of the molecule is CC(C)N(C)C(=O)CN1CCN(C(=O)O)CC1. The van der Waals surface area contributed by atoms with Crippen LogP contribution in [0.15, 0.2) is 0 Å². The normalized spacial score (nSPS) is 17.3. The van der Waals surface area contributed by atoms with Crippen LogP contribution >= 0.6 is 0 Å². The first-order valence-corrected chi connectivity index (χ1v) is 5.87. The number of carboxylic acid groups (broad SMARTS) is 1. The summed E-state index contributed by atoms with van der Waals surface area (Å²) in [5.41, 5.74) is 0. The van der Waals surface area contributed by atoms with Gasteiger partial charge in [-0.3, -0.25) is 9.69 Å². The number of amides is 2. The van der Waals surface area contributed by atoms with E-state index in [9.17, 15) is 9.59 Å². The molecule has 98 valence electrons. The second kappa shape index (κ2) is 5.86. The molecule has 1 aliphatic heterocycles. The van der Waals surface area contributed by atoms with Gasteiger partial charge in [-0.1, -0.05) is 0 Å². The van der Waals surface area contributed by atoms with E-state index in [1.807, 2.05) is 18.7 Å². The van der Waals surface area contributed by atoms with Gasteiger partial charge < -0.3 is 14.9 Å². The van der Waals surface area contributed by atoms with Crippen LogP contribution in [0.1, 0.15) is 13.8 Å². The largest absolute Gasteiger partial charge is 0.465 e. The Morgan fingerprint density at radius 2 is 1.76 bits per heavy atom. The van der Waals surface area contributed by atoms with E-state index in [0.717, 1.165) is 0 Å². The van der Waals surface area contributed by atoms with Crippen LogP contribution in [0.3, 0.4) is 0 Å². The number of nitrogens with zero attached hydrogens (tertiary/aromatic N) is 3. The highest BCUT2D eigenvalue weighted by Gasteiger charge is 2.23. The fourth-order valence-electron chi connectivity index (χ4n) is 1.69. The molecule has 0 aromatic carbocycles. The third kappa shape index (κ3) is 3.89. The highest BCUT2D eigenvalue weighted by molar-refractivity contribution is 5.78. The van der Waals surface area contributed by atoms with Gasteiger partial charge in [0, 0.05) is 39.3 Å². The highest BCUT2D eigenvalue weighted by Crippen LogP contribution is 2.03. The number of likely N-dealkylation sites (N-methyl/N-ethyl adjacent to an activating group) is 1. The van der Waals surface area contributed by atoms with Gasteiger partial charge in [0.1, 0.15) is 0 Å². The van der Waals surface area contributed by atoms with Crippen molar-refractivity contribution < 1.29 is 14.7 Å². The minimum Gasteiger partial charge on any atom is -0.465 e. The average molecular weight is 243 g/mol. The van der Waals surface area contributed by atoms with Crippen LogP contribution in [0.5, 0.6) is 0 Å². The summed E-state index contributed by atoms with van der Waals surface area (Å²) in [6.45, 7) is 6.54. The molecule has 0 bridgehead atoms. The molecule has 0 radical (unpaired) electrons. The number of hydrogen-bond donors (Lipinski definition) is 1. The first-order valence-electron chi connectivity index (χ1n) is 5.87. The van der Waals surface area contributed by atoms with Gasteiger partial charge in [-0.05, 0) is 13.8 Å². The van der Waals surface area contributed by atoms with E-state index in [1.165, 1.54) is 4.90 Å². The Labute approximate surface area is 102 Å². The number of piperazine rings is 1. The summed E-state index contributed by atoms with van der Waals surface area (Å²) in [6.07, 6.45) is -0.879. The minimum atomic E-state index is -0.879. The van der Waals surface area contributed by atoms with Crippen LogP contribution in [0.25, 0.3) is 0 Å². The van der Waals surface area contributed by atoms with E-state index >= 15 is 0 Å². The molecule has 0 aliphatic carbocycles. The first-order chi connectivity index (χ1) is 7.91. The molecule has 0 atom stereocenters. The molecule has 1 N–H and O–H groups in total. The van der Waals surface area contributed by atoms with Gasteiger partial charge in [-0.2, -0.15) is 0 Å². The molecule has 0 unspecified atom stereocenters. The van der Waals surface area contributed by atoms with Crippen molar-refractivity contribution >= 4 is 12.0 Å². The fraction of sp³-hybridized carbons (Fsp3) is 0.818. The molecule has 6 heteroatoms. The zero-order valence-electron chi connectivity index (χ0n) is 10.7. The number of carbonyl (C=O) groups excluding carboxylic acids is 1. The molecule has 1 rings (SSSR count). The summed E-state index contributed by atoms with van der Waals surface area (Å²) in [4.78, 5) is 27.6. The van der Waals surface area contributed by atoms with Crippen LogP contribution in [0, 0.1) is 0 Å². The van der Waals surface area contributed by atoms with Crippen molar-refractivity contribution in [3.63, 3.8) is 0 Å². The molecule has 0 aromatic rings. The summed E-state index contributed by atoms with van der Waals surface area (Å²) in [5, 5.41) is 8.80. The molecule has 0 aromatic heterocycles. The van der Waals surface area contributed by atoms with Gasteiger partial charge in [0.25, 0.3) is 0 Å². The molecule has 1 aliphatic rings. The lowest BCUT2D eigenvalue weighted by molar-refractivity contribution is -0.132. The molecule has 1 heterocycles. The number of rotatable bonds is 3. The number of hydrogen-bond acceptors (Lipinski definition) is 3. The lowest BCUT2D eigenvalue weighted by Crippen LogP contribution is -2.51. The van der Waals surface area contributed by atoms with E-state index < -0.39 is 6.09 Å². The van der Waals surface area contributed by atoms with Crippen LogP contribution in [0.4, 0.5) is 4.79 Å². The maximum atomic E-state index is 11.8. The minimum absolute atomic E-state index is 0.0868. The summed E-state index contributed by atoms with van der Waals surface area (Å²) in [6, 6.07) is 0.197. The molecule has 1 fully saturated rings. The zero-order valence-corrected chi connectivity index (χ0v) is 10.7. The third-order valence-electron chi connectivity index (χ3n) is 3.17. The molecule has 0 saturated carbocycles. The summed E-state index contributed by atoms with van der Waals surface area (Å²) < 4.78 is 0. The summed E-state index contributed by atoms with van der Waals surface area (Å²) >= 11 is 0. The summed E-state index contributed by atoms with van der Waals surface area (Å²) in [7, 11) is 1.79. The van der Waals surface area contributed by atoms with Gasteiger partial charge in [-0.15, -0.1) is 0 Å². The van der Waals surface area contributed by atoms with Crippen LogP contribution < -0.4 is 0 Å². The van der Waals surface area contributed by atoms with Crippen molar-refractivity contribution in [2.75, 3.05) is 39.8 Å². The Morgan fingerprint density at radius 3 is 2.18 bits per heavy atom. The molecule has 0 spiro atoms. The van der Waals surface area contributed by atoms with Crippen LogP contribution in [-0.4, -0.2) is 77.6 Å². The fourth-order valence-corrected chi connectivity index (χ4v) is 1.69. The smallest absolute Gasteiger partial charge is 0.407 e. The van der Waals surface area contributed by atoms with Gasteiger partial charge in [0.15, 0.2) is 0 Å². The maximum absolute atomic E-state index is 11.8. The lowest BCUT2D eigenvalue weighted by Gasteiger charge is -2.34. The van der Waals surface area contributed by atoms with E-state index in [0.29, 0.717) is 32.7 Å². The molecule has 2 amide bonds. The topological polar surface area (TPSA) is 64.1 Å². The highest BCUT2D eigenvalue weighted by atomic mass is 16.4. The monoisotopic (exact) mass is 243 g/mol. The van der Waals surface area contributed by atoms with E-state index in [-0.39, 0.29) is 11.9 Å². The van der Waals surface area contributed by atoms with Crippen LogP contribution in [0.2, 0.25) is 0 Å². The van der Waals surface area contributed by atoms with Crippen molar-refractivity contribution in [2.45, 2.75) is 19.9 Å². The standard InChI is InChI=1S/C11H21N3O3/c1-9(2)12(3)10(15)8-13-4-6-14(7-5-13)11(16)17/h9H,4-8H2,1-3H3,(H,16,17). The molecule has 6 nitrogen and oxygen atoms in total. The van der Waals surface area contributed by atoms with E-state index in [2.05, 4.69) is 0 Å². The van der Waals surface area contributed by atoms with Crippen LogP contribution in [-0.2, 0) is 4.79 Å². The van der Waals surface area contributed by atoms with Gasteiger partial charge >= 0.3 is 6.09 Å². The predicted octanol–water partition coefficient (Wildman–Crippen LogP) is 0.149. The van der Waals surface area contributed by atoms with Crippen molar-refractivity contribution in [2.24, 2.45) is 0 Å². The quantitative estimate of drug-likeness (QED) is 0.766. The van der Waals surface area contributed by atoms with Crippen molar-refractivity contribution in [3.8, 4) is 0 Å². The number of carbonyl (C=O) groups is 2. The summed E-state index contributed by atoms with van der Waals surface area (Å²) in [5.74, 6) is 0.0868. The van der Waals surface area contributed by atoms with E-state index in [4.69, 9.17) is 5.11 Å². The Kier molecular flexibility index (Phi) is 4.74. The molecule has 1 saturated heterocycles. The van der Waals surface area contributed by atoms with Crippen molar-refractivity contribution in [1.82, 2.24) is 14.7 Å². The van der Waals surface area contributed by atoms with Gasteiger partial charge in [-0.25, -0.2) is 4.79 Å². The Bertz CT molecular complexity index is 286. The van der Waals surface area contributed by atoms with Gasteiger partial charge in [0.2, 0.25) is 5.91 Å². The van der Waals surface area contributed by atoms with Crippen molar-refractivity contribution in [3.05, 3.63) is 0 Å². The molecular weight excluding hydrogens is 222 g/mol. The van der Waals surface area contributed by atoms with Crippen molar-refractivity contribution in [1.29, 1.82) is 0 Å². The lowest BCUT2D eigenvalue weighted by atomic mass is 10.3. The Hall–Kier alpha value is -1.30. The third-order valence-corrected chi connectivity index (χ3v) is 3.17. The first kappa shape index (κ1) is 13.8. The second-order valence-corrected chi connectivity index (χ2v) is 4.64. The predicted molar refractivity (Wildman–Crippen MR) is 63.9 cm³/mol. The molecule has 17 heavy (non-hydrogen) atoms. The molecular formula is C11H21N3O3. The zero-order chi connectivity index (χ0) is 13.0. The maximum Gasteiger partial charge on any atom is 0.407 e. The van der Waals surface area contributed by atoms with E-state index in [1.54, 1.807) is 11.9 Å². The average Bonchev–Trinajstić information content (AvgIpc) is 2.28. The Morgan fingerprint density at radius 1 is 1.24 bits per heavy atom. The second-order valence-electron chi connectivity index (χ2n) is 4.64. The Balaban J connectivity index is 2.35.